The first-order chi connectivity index (χ1) is 6.75. The van der Waals surface area contributed by atoms with Gasteiger partial charge in [-0.15, -0.1) is 0 Å². The molecule has 0 saturated carbocycles. The number of hydrogen-bond donors (Lipinski definition) is 1. The Bertz CT molecular complexity index is 276. The Morgan fingerprint density at radius 1 is 1.50 bits per heavy atom. The van der Waals surface area contributed by atoms with Crippen LogP contribution >= 0.6 is 0 Å². The van der Waals surface area contributed by atoms with Gasteiger partial charge in [-0.25, -0.2) is 0 Å². The van der Waals surface area contributed by atoms with E-state index >= 15 is 0 Å². The topological polar surface area (TPSA) is 42.1 Å². The van der Waals surface area contributed by atoms with Crippen LogP contribution in [0.3, 0.4) is 0 Å². The lowest BCUT2D eigenvalue weighted by Gasteiger charge is -2.36. The predicted octanol–water partition coefficient (Wildman–Crippen LogP) is 1.26. The highest BCUT2D eigenvalue weighted by molar-refractivity contribution is 5.44. The van der Waals surface area contributed by atoms with Crippen LogP contribution in [-0.2, 0) is 0 Å². The molecular formula is C11H17N3. The van der Waals surface area contributed by atoms with Gasteiger partial charge in [0.2, 0.25) is 0 Å². The number of piperidine rings is 1. The summed E-state index contributed by atoms with van der Waals surface area (Å²) in [5, 5.41) is 0. The lowest BCUT2D eigenvalue weighted by Crippen LogP contribution is -2.46. The van der Waals surface area contributed by atoms with Crippen LogP contribution in [0, 0.1) is 5.92 Å². The average Bonchev–Trinajstić information content (AvgIpc) is 2.18. The molecule has 0 spiro atoms. The van der Waals surface area contributed by atoms with Crippen molar-refractivity contribution in [3.8, 4) is 0 Å². The number of aromatic nitrogens is 1. The summed E-state index contributed by atoms with van der Waals surface area (Å²) in [7, 11) is 0. The number of rotatable bonds is 1. The second-order valence-electron chi connectivity index (χ2n) is 4.22. The number of anilines is 1. The number of hydrogen-bond acceptors (Lipinski definition) is 3. The normalized spacial score (nSPS) is 27.7. The molecular weight excluding hydrogens is 174 g/mol. The van der Waals surface area contributed by atoms with Crippen molar-refractivity contribution in [1.29, 1.82) is 0 Å². The predicted molar refractivity (Wildman–Crippen MR) is 58.2 cm³/mol. The number of pyridine rings is 1. The molecule has 1 aliphatic heterocycles. The number of nitrogens with two attached hydrogens (primary N) is 1. The molecule has 3 nitrogen and oxygen atoms in total. The van der Waals surface area contributed by atoms with Crippen molar-refractivity contribution < 1.29 is 0 Å². The molecule has 2 atom stereocenters. The second-order valence-corrected chi connectivity index (χ2v) is 4.22. The first-order valence-corrected chi connectivity index (χ1v) is 5.16. The maximum Gasteiger partial charge on any atom is 0.0553 e. The average molecular weight is 191 g/mol. The van der Waals surface area contributed by atoms with E-state index in [1.54, 1.807) is 6.20 Å². The molecule has 0 radical (unpaired) electrons. The molecule has 2 N–H and O–H groups in total. The van der Waals surface area contributed by atoms with Gasteiger partial charge in [0.05, 0.1) is 11.9 Å². The molecule has 3 heteroatoms. The van der Waals surface area contributed by atoms with Crippen molar-refractivity contribution >= 4 is 5.69 Å². The third kappa shape index (κ3) is 2.04. The molecule has 1 aliphatic rings. The molecule has 14 heavy (non-hydrogen) atoms. The standard InChI is InChI=1S/C11H17N3/c1-9-5-10(12)8-14(7-9)11-3-2-4-13-6-11/h2-4,6,9-10H,5,7-8,12H2,1H3/t9?,10-/m0/s1. The van der Waals surface area contributed by atoms with Crippen molar-refractivity contribution in [3.63, 3.8) is 0 Å². The molecule has 1 unspecified atom stereocenters. The van der Waals surface area contributed by atoms with Crippen LogP contribution in [0.5, 0.6) is 0 Å². The van der Waals surface area contributed by atoms with Gasteiger partial charge in [0.25, 0.3) is 0 Å². The third-order valence-corrected chi connectivity index (χ3v) is 2.70. The van der Waals surface area contributed by atoms with Crippen molar-refractivity contribution in [2.24, 2.45) is 11.7 Å². The summed E-state index contributed by atoms with van der Waals surface area (Å²) in [5.41, 5.74) is 7.18. The van der Waals surface area contributed by atoms with Crippen LogP contribution in [0.25, 0.3) is 0 Å². The monoisotopic (exact) mass is 191 g/mol. The van der Waals surface area contributed by atoms with Gasteiger partial charge in [-0.05, 0) is 24.5 Å². The minimum atomic E-state index is 0.305. The highest BCUT2D eigenvalue weighted by Gasteiger charge is 2.22. The molecule has 0 aliphatic carbocycles. The van der Waals surface area contributed by atoms with Gasteiger partial charge in [0, 0.05) is 25.3 Å². The van der Waals surface area contributed by atoms with Crippen LogP contribution in [0.15, 0.2) is 24.5 Å². The molecule has 76 valence electrons. The van der Waals surface area contributed by atoms with Crippen LogP contribution in [0.4, 0.5) is 5.69 Å². The SMILES string of the molecule is CC1C[C@H](N)CN(c2cccnc2)C1. The molecule has 2 rings (SSSR count). The highest BCUT2D eigenvalue weighted by atomic mass is 15.2. The molecule has 1 fully saturated rings. The third-order valence-electron chi connectivity index (χ3n) is 2.70. The van der Waals surface area contributed by atoms with E-state index in [0.29, 0.717) is 12.0 Å². The van der Waals surface area contributed by atoms with Crippen molar-refractivity contribution in [1.82, 2.24) is 4.98 Å². The first kappa shape index (κ1) is 9.46. The lowest BCUT2D eigenvalue weighted by molar-refractivity contribution is 0.401. The van der Waals surface area contributed by atoms with Gasteiger partial charge in [0.15, 0.2) is 0 Å². The van der Waals surface area contributed by atoms with Crippen LogP contribution in [-0.4, -0.2) is 24.1 Å². The fourth-order valence-corrected chi connectivity index (χ4v) is 2.15. The smallest absolute Gasteiger partial charge is 0.0553 e. The van der Waals surface area contributed by atoms with Gasteiger partial charge in [-0.2, -0.15) is 0 Å². The Hall–Kier alpha value is -1.09. The zero-order valence-electron chi connectivity index (χ0n) is 8.56. The summed E-state index contributed by atoms with van der Waals surface area (Å²) >= 11 is 0. The Labute approximate surface area is 84.9 Å². The zero-order chi connectivity index (χ0) is 9.97. The minimum absolute atomic E-state index is 0.305. The summed E-state index contributed by atoms with van der Waals surface area (Å²) in [4.78, 5) is 6.45. The van der Waals surface area contributed by atoms with E-state index in [1.165, 1.54) is 5.69 Å². The summed E-state index contributed by atoms with van der Waals surface area (Å²) in [6, 6.07) is 4.37. The van der Waals surface area contributed by atoms with Crippen molar-refractivity contribution in [2.75, 3.05) is 18.0 Å². The maximum absolute atomic E-state index is 5.99. The van der Waals surface area contributed by atoms with Gasteiger partial charge in [-0.3, -0.25) is 4.98 Å². The van der Waals surface area contributed by atoms with E-state index in [4.69, 9.17) is 5.73 Å². The van der Waals surface area contributed by atoms with Gasteiger partial charge in [0.1, 0.15) is 0 Å². The molecule has 0 bridgehead atoms. The van der Waals surface area contributed by atoms with Crippen LogP contribution in [0.2, 0.25) is 0 Å². The lowest BCUT2D eigenvalue weighted by atomic mass is 9.96. The molecule has 2 heterocycles. The summed E-state index contributed by atoms with van der Waals surface area (Å²) in [5.74, 6) is 0.680. The van der Waals surface area contributed by atoms with E-state index in [1.807, 2.05) is 12.3 Å². The Balaban J connectivity index is 2.11. The zero-order valence-corrected chi connectivity index (χ0v) is 8.56. The summed E-state index contributed by atoms with van der Waals surface area (Å²) < 4.78 is 0. The molecule has 1 aromatic heterocycles. The summed E-state index contributed by atoms with van der Waals surface area (Å²) in [6.45, 7) is 4.30. The molecule has 0 aromatic carbocycles. The van der Waals surface area contributed by atoms with Crippen LogP contribution < -0.4 is 10.6 Å². The molecule has 1 saturated heterocycles. The van der Waals surface area contributed by atoms with Crippen molar-refractivity contribution in [3.05, 3.63) is 24.5 Å². The number of nitrogens with zero attached hydrogens (tertiary/aromatic N) is 2. The fraction of sp³-hybridized carbons (Fsp3) is 0.545. The quantitative estimate of drug-likeness (QED) is 0.726. The summed E-state index contributed by atoms with van der Waals surface area (Å²) in [6.07, 6.45) is 4.85. The Morgan fingerprint density at radius 2 is 2.36 bits per heavy atom. The Morgan fingerprint density at radius 3 is 3.00 bits per heavy atom. The molecule has 0 amide bonds. The maximum atomic E-state index is 5.99. The fourth-order valence-electron chi connectivity index (χ4n) is 2.15. The second kappa shape index (κ2) is 3.96. The highest BCUT2D eigenvalue weighted by Crippen LogP contribution is 2.21. The van der Waals surface area contributed by atoms with E-state index in [2.05, 4.69) is 22.9 Å². The first-order valence-electron chi connectivity index (χ1n) is 5.16. The molecule has 1 aromatic rings. The van der Waals surface area contributed by atoms with E-state index in [9.17, 15) is 0 Å². The largest absolute Gasteiger partial charge is 0.368 e. The van der Waals surface area contributed by atoms with Gasteiger partial charge >= 0.3 is 0 Å². The van der Waals surface area contributed by atoms with Crippen LogP contribution in [0.1, 0.15) is 13.3 Å². The Kier molecular flexibility index (Phi) is 2.68. The van der Waals surface area contributed by atoms with Gasteiger partial charge in [-0.1, -0.05) is 6.92 Å². The van der Waals surface area contributed by atoms with Gasteiger partial charge < -0.3 is 10.6 Å². The van der Waals surface area contributed by atoms with Crippen molar-refractivity contribution in [2.45, 2.75) is 19.4 Å². The van der Waals surface area contributed by atoms with E-state index < -0.39 is 0 Å². The van der Waals surface area contributed by atoms with E-state index in [0.717, 1.165) is 19.5 Å². The minimum Gasteiger partial charge on any atom is -0.368 e. The van der Waals surface area contributed by atoms with E-state index in [-0.39, 0.29) is 0 Å².